The van der Waals surface area contributed by atoms with Crippen LogP contribution in [-0.2, 0) is 16.1 Å². The summed E-state index contributed by atoms with van der Waals surface area (Å²) in [5.74, 6) is 0.0339. The van der Waals surface area contributed by atoms with E-state index in [9.17, 15) is 10.1 Å². The summed E-state index contributed by atoms with van der Waals surface area (Å²) >= 11 is 1.46. The summed E-state index contributed by atoms with van der Waals surface area (Å²) in [5.41, 5.74) is 1.52. The molecular formula is C19H14N2O3S. The van der Waals surface area contributed by atoms with E-state index < -0.39 is 5.97 Å². The molecule has 6 heteroatoms. The second-order valence-corrected chi connectivity index (χ2v) is 6.21. The number of para-hydroxylation sites is 1. The molecule has 0 atom stereocenters. The van der Waals surface area contributed by atoms with E-state index in [1.807, 2.05) is 30.3 Å². The van der Waals surface area contributed by atoms with Crippen molar-refractivity contribution in [2.75, 3.05) is 7.11 Å². The number of thiazole rings is 1. The van der Waals surface area contributed by atoms with Crippen LogP contribution in [0.15, 0.2) is 54.1 Å². The van der Waals surface area contributed by atoms with Crippen LogP contribution >= 0.6 is 11.3 Å². The molecular weight excluding hydrogens is 336 g/mol. The van der Waals surface area contributed by atoms with Gasteiger partial charge in [0, 0.05) is 0 Å². The number of fused-ring (bicyclic) bond motifs is 1. The van der Waals surface area contributed by atoms with Gasteiger partial charge in [-0.25, -0.2) is 9.78 Å². The number of nitrogens with zero attached hydrogens (tertiary/aromatic N) is 2. The smallest absolute Gasteiger partial charge is 0.349 e. The number of rotatable bonds is 5. The molecule has 0 fully saturated rings. The highest BCUT2D eigenvalue weighted by molar-refractivity contribution is 7.18. The molecule has 0 amide bonds. The summed E-state index contributed by atoms with van der Waals surface area (Å²) in [6.45, 7) is 0.0415. The molecule has 0 aliphatic carbocycles. The van der Waals surface area contributed by atoms with Gasteiger partial charge in [0.15, 0.2) is 0 Å². The molecule has 0 saturated heterocycles. The van der Waals surface area contributed by atoms with Gasteiger partial charge in [0.2, 0.25) is 0 Å². The second-order valence-electron chi connectivity index (χ2n) is 5.09. The predicted molar refractivity (Wildman–Crippen MR) is 96.0 cm³/mol. The average molecular weight is 350 g/mol. The van der Waals surface area contributed by atoms with Crippen LogP contribution in [-0.4, -0.2) is 18.1 Å². The maximum absolute atomic E-state index is 12.1. The molecule has 124 valence electrons. The molecule has 0 unspecified atom stereocenters. The van der Waals surface area contributed by atoms with Crippen molar-refractivity contribution >= 4 is 33.6 Å². The third-order valence-electron chi connectivity index (χ3n) is 3.43. The Morgan fingerprint density at radius 3 is 2.68 bits per heavy atom. The van der Waals surface area contributed by atoms with E-state index in [2.05, 4.69) is 4.98 Å². The van der Waals surface area contributed by atoms with Gasteiger partial charge in [0.1, 0.15) is 29.0 Å². The molecule has 3 aromatic rings. The average Bonchev–Trinajstić information content (AvgIpc) is 3.07. The van der Waals surface area contributed by atoms with E-state index >= 15 is 0 Å². The number of carbonyl (C=O) groups is 1. The van der Waals surface area contributed by atoms with Gasteiger partial charge < -0.3 is 9.47 Å². The fraction of sp³-hybridized carbons (Fsp3) is 0.105. The lowest BCUT2D eigenvalue weighted by Gasteiger charge is -2.02. The Morgan fingerprint density at radius 2 is 2.00 bits per heavy atom. The van der Waals surface area contributed by atoms with Crippen LogP contribution in [0, 0.1) is 11.3 Å². The lowest BCUT2D eigenvalue weighted by atomic mass is 10.1. The Balaban J connectivity index is 1.69. The summed E-state index contributed by atoms with van der Waals surface area (Å²) in [4.78, 5) is 16.5. The highest BCUT2D eigenvalue weighted by Gasteiger charge is 2.12. The largest absolute Gasteiger partial charge is 0.497 e. The Kier molecular flexibility index (Phi) is 5.07. The number of esters is 1. The molecule has 0 aliphatic heterocycles. The summed E-state index contributed by atoms with van der Waals surface area (Å²) in [6.07, 6.45) is 1.49. The fourth-order valence-corrected chi connectivity index (χ4v) is 3.07. The molecule has 3 rings (SSSR count). The number of aromatic nitrogens is 1. The standard InChI is InChI=1S/C19H14N2O3S/c1-23-15-8-6-13(7-9-15)10-14(11-20)19(22)24-12-18-21-16-4-2-3-5-17(16)25-18/h2-10H,12H2,1H3/b14-10+. The van der Waals surface area contributed by atoms with Crippen molar-refractivity contribution in [1.29, 1.82) is 5.26 Å². The van der Waals surface area contributed by atoms with Crippen molar-refractivity contribution in [3.8, 4) is 11.8 Å². The van der Waals surface area contributed by atoms with Gasteiger partial charge in [-0.1, -0.05) is 24.3 Å². The third kappa shape index (κ3) is 4.03. The molecule has 2 aromatic carbocycles. The maximum Gasteiger partial charge on any atom is 0.349 e. The molecule has 25 heavy (non-hydrogen) atoms. The minimum absolute atomic E-state index is 0.0415. The quantitative estimate of drug-likeness (QED) is 0.396. The van der Waals surface area contributed by atoms with E-state index in [1.54, 1.807) is 31.4 Å². The monoisotopic (exact) mass is 350 g/mol. The first-order valence-corrected chi connectivity index (χ1v) is 8.28. The first kappa shape index (κ1) is 16.7. The number of hydrogen-bond donors (Lipinski definition) is 0. The summed E-state index contributed by atoms with van der Waals surface area (Å²) in [5, 5.41) is 9.90. The molecule has 0 aliphatic rings. The SMILES string of the molecule is COc1ccc(/C=C(\C#N)C(=O)OCc2nc3ccccc3s2)cc1. The molecule has 0 spiro atoms. The number of hydrogen-bond acceptors (Lipinski definition) is 6. The van der Waals surface area contributed by atoms with Crippen LogP contribution in [0.25, 0.3) is 16.3 Å². The van der Waals surface area contributed by atoms with E-state index in [0.29, 0.717) is 16.3 Å². The van der Waals surface area contributed by atoms with Crippen molar-refractivity contribution < 1.29 is 14.3 Å². The second kappa shape index (κ2) is 7.60. The van der Waals surface area contributed by atoms with E-state index in [0.717, 1.165) is 10.2 Å². The number of ether oxygens (including phenoxy) is 2. The zero-order chi connectivity index (χ0) is 17.6. The lowest BCUT2D eigenvalue weighted by molar-refractivity contribution is -0.139. The van der Waals surface area contributed by atoms with Gasteiger partial charge in [-0.3, -0.25) is 0 Å². The van der Waals surface area contributed by atoms with Crippen LogP contribution in [0.1, 0.15) is 10.6 Å². The van der Waals surface area contributed by atoms with Gasteiger partial charge >= 0.3 is 5.97 Å². The van der Waals surface area contributed by atoms with Gasteiger partial charge in [0.05, 0.1) is 17.3 Å². The van der Waals surface area contributed by atoms with Crippen molar-refractivity contribution in [2.24, 2.45) is 0 Å². The zero-order valence-electron chi connectivity index (χ0n) is 13.4. The zero-order valence-corrected chi connectivity index (χ0v) is 14.2. The van der Waals surface area contributed by atoms with Gasteiger partial charge in [-0.15, -0.1) is 11.3 Å². The Bertz CT molecular complexity index is 935. The number of methoxy groups -OCH3 is 1. The van der Waals surface area contributed by atoms with Gasteiger partial charge in [0.25, 0.3) is 0 Å². The molecule has 5 nitrogen and oxygen atoms in total. The molecule has 0 bridgehead atoms. The highest BCUT2D eigenvalue weighted by atomic mass is 32.1. The van der Waals surface area contributed by atoms with E-state index in [1.165, 1.54) is 17.4 Å². The Labute approximate surface area is 148 Å². The molecule has 1 aromatic heterocycles. The van der Waals surface area contributed by atoms with Crippen LogP contribution in [0.5, 0.6) is 5.75 Å². The molecule has 0 N–H and O–H groups in total. The number of nitriles is 1. The molecule has 1 heterocycles. The molecule has 0 saturated carbocycles. The Morgan fingerprint density at radius 1 is 1.24 bits per heavy atom. The summed E-state index contributed by atoms with van der Waals surface area (Å²) < 4.78 is 11.3. The number of carbonyl (C=O) groups excluding carboxylic acids is 1. The minimum atomic E-state index is -0.669. The van der Waals surface area contributed by atoms with Crippen LogP contribution in [0.3, 0.4) is 0 Å². The number of benzene rings is 2. The molecule has 0 radical (unpaired) electrons. The first-order chi connectivity index (χ1) is 12.2. The topological polar surface area (TPSA) is 72.2 Å². The van der Waals surface area contributed by atoms with Crippen molar-refractivity contribution in [3.05, 3.63) is 64.7 Å². The summed E-state index contributed by atoms with van der Waals surface area (Å²) in [6, 6.07) is 16.6. The fourth-order valence-electron chi connectivity index (χ4n) is 2.19. The third-order valence-corrected chi connectivity index (χ3v) is 4.44. The van der Waals surface area contributed by atoms with Crippen LogP contribution in [0.4, 0.5) is 0 Å². The van der Waals surface area contributed by atoms with Crippen molar-refractivity contribution in [3.63, 3.8) is 0 Å². The minimum Gasteiger partial charge on any atom is -0.497 e. The Hall–Kier alpha value is -3.17. The highest BCUT2D eigenvalue weighted by Crippen LogP contribution is 2.22. The van der Waals surface area contributed by atoms with E-state index in [-0.39, 0.29) is 12.2 Å². The van der Waals surface area contributed by atoms with Crippen molar-refractivity contribution in [1.82, 2.24) is 4.98 Å². The van der Waals surface area contributed by atoms with Gasteiger partial charge in [-0.05, 0) is 35.9 Å². The van der Waals surface area contributed by atoms with Crippen molar-refractivity contribution in [2.45, 2.75) is 6.61 Å². The van der Waals surface area contributed by atoms with Gasteiger partial charge in [-0.2, -0.15) is 5.26 Å². The lowest BCUT2D eigenvalue weighted by Crippen LogP contribution is -2.06. The van der Waals surface area contributed by atoms with E-state index in [4.69, 9.17) is 9.47 Å². The maximum atomic E-state index is 12.1. The van der Waals surface area contributed by atoms with Crippen LogP contribution in [0.2, 0.25) is 0 Å². The summed E-state index contributed by atoms with van der Waals surface area (Å²) in [7, 11) is 1.57. The van der Waals surface area contributed by atoms with Crippen LogP contribution < -0.4 is 4.74 Å². The predicted octanol–water partition coefficient (Wildman–Crippen LogP) is 3.96. The normalized spacial score (nSPS) is 11.1. The first-order valence-electron chi connectivity index (χ1n) is 7.47.